The molecule has 0 saturated carbocycles. The fourth-order valence-electron chi connectivity index (χ4n) is 4.00. The fraction of sp³-hybridized carbons (Fsp3) is 0.217. The van der Waals surface area contributed by atoms with Crippen molar-refractivity contribution in [1.29, 1.82) is 0 Å². The molecule has 1 atom stereocenters. The highest BCUT2D eigenvalue weighted by atomic mass is 19.3. The zero-order valence-electron chi connectivity index (χ0n) is 17.2. The lowest BCUT2D eigenvalue weighted by atomic mass is 9.98. The number of rotatable bonds is 7. The van der Waals surface area contributed by atoms with Crippen LogP contribution in [-0.4, -0.2) is 35.3 Å². The topological polar surface area (TPSA) is 96.3 Å². The number of fused-ring (bicyclic) bond motifs is 2. The number of carboxylic acid groups (broad SMARTS) is 1. The molecule has 33 heavy (non-hydrogen) atoms. The number of hydrogen-bond donors (Lipinski definition) is 2. The summed E-state index contributed by atoms with van der Waals surface area (Å²) in [7, 11) is 0. The number of aliphatic carboxylic acids is 1. The second-order valence-electron chi connectivity index (χ2n) is 7.21. The Morgan fingerprint density at radius 1 is 1.15 bits per heavy atom. The lowest BCUT2D eigenvalue weighted by Crippen LogP contribution is -2.28. The first-order valence-electron chi connectivity index (χ1n) is 9.92. The smallest absolute Gasteiger partial charge is 0.387 e. The number of halogens is 3. The van der Waals surface area contributed by atoms with Crippen molar-refractivity contribution in [3.8, 4) is 11.5 Å². The molecule has 2 N–H and O–H groups in total. The minimum atomic E-state index is -3.25. The van der Waals surface area contributed by atoms with Crippen LogP contribution in [0.1, 0.15) is 34.6 Å². The lowest BCUT2D eigenvalue weighted by molar-refractivity contribution is -0.136. The van der Waals surface area contributed by atoms with Gasteiger partial charge in [0.05, 0.1) is 29.8 Å². The fourth-order valence-corrected chi connectivity index (χ4v) is 4.00. The number of aliphatic hydroxyl groups excluding tert-OH is 1. The Morgan fingerprint density at radius 3 is 2.39 bits per heavy atom. The second-order valence-corrected chi connectivity index (χ2v) is 7.21. The van der Waals surface area contributed by atoms with E-state index in [1.807, 2.05) is 0 Å². The van der Waals surface area contributed by atoms with Gasteiger partial charge < -0.3 is 19.7 Å². The van der Waals surface area contributed by atoms with E-state index in [1.165, 1.54) is 12.1 Å². The Labute approximate surface area is 185 Å². The standard InChI is InChI=1S/C23H18F3NO6/c1-2-32-19-12-5-3-4-6-13(12)20(33-23(25)26)18-17(19)21(30)27(22(18)31)15-8-7-11(9-14(15)24)10-16(28)29/h3-9,22-23,31H,2,10H2,1H3,(H,28,29). The van der Waals surface area contributed by atoms with Gasteiger partial charge in [-0.15, -0.1) is 0 Å². The summed E-state index contributed by atoms with van der Waals surface area (Å²) < 4.78 is 51.8. The molecule has 0 saturated heterocycles. The summed E-state index contributed by atoms with van der Waals surface area (Å²) in [6.07, 6.45) is -2.30. The van der Waals surface area contributed by atoms with Crippen molar-refractivity contribution in [3.63, 3.8) is 0 Å². The molecule has 0 aliphatic carbocycles. The van der Waals surface area contributed by atoms with Crippen molar-refractivity contribution in [3.05, 3.63) is 65.0 Å². The maximum absolute atomic E-state index is 14.9. The number of aliphatic hydroxyl groups is 1. The van der Waals surface area contributed by atoms with E-state index in [4.69, 9.17) is 14.6 Å². The number of carbonyl (C=O) groups is 2. The summed E-state index contributed by atoms with van der Waals surface area (Å²) in [6.45, 7) is -1.45. The molecule has 7 nitrogen and oxygen atoms in total. The summed E-state index contributed by atoms with van der Waals surface area (Å²) in [4.78, 5) is 25.0. The minimum Gasteiger partial charge on any atom is -0.492 e. The largest absolute Gasteiger partial charge is 0.492 e. The van der Waals surface area contributed by atoms with E-state index >= 15 is 0 Å². The van der Waals surface area contributed by atoms with Crippen LogP contribution >= 0.6 is 0 Å². The van der Waals surface area contributed by atoms with Gasteiger partial charge in [-0.1, -0.05) is 30.3 Å². The quantitative estimate of drug-likeness (QED) is 0.546. The van der Waals surface area contributed by atoms with Gasteiger partial charge in [0.2, 0.25) is 0 Å². The molecule has 1 aliphatic heterocycles. The highest BCUT2D eigenvalue weighted by Crippen LogP contribution is 2.50. The van der Waals surface area contributed by atoms with Gasteiger partial charge in [0.1, 0.15) is 17.3 Å². The molecule has 172 valence electrons. The summed E-state index contributed by atoms with van der Waals surface area (Å²) in [5.74, 6) is -3.37. The molecule has 0 aromatic heterocycles. The number of benzene rings is 3. The molecule has 3 aromatic carbocycles. The molecule has 4 rings (SSSR count). The molecule has 1 amide bonds. The Bertz CT molecular complexity index is 1260. The van der Waals surface area contributed by atoms with Crippen molar-refractivity contribution < 1.29 is 42.4 Å². The SMILES string of the molecule is CCOc1c2c(c(OC(F)F)c3ccccc13)C(O)N(c1ccc(CC(=O)O)cc1F)C2=O. The lowest BCUT2D eigenvalue weighted by Gasteiger charge is -2.22. The second kappa shape index (κ2) is 8.62. The Balaban J connectivity index is 1.94. The number of amides is 1. The summed E-state index contributed by atoms with van der Waals surface area (Å²) in [5.41, 5.74) is -0.693. The van der Waals surface area contributed by atoms with E-state index < -0.39 is 42.7 Å². The van der Waals surface area contributed by atoms with Crippen molar-refractivity contribution in [2.75, 3.05) is 11.5 Å². The molecule has 0 radical (unpaired) electrons. The van der Waals surface area contributed by atoms with Crippen LogP contribution < -0.4 is 14.4 Å². The number of nitrogens with zero attached hydrogens (tertiary/aromatic N) is 1. The van der Waals surface area contributed by atoms with Gasteiger partial charge in [-0.2, -0.15) is 8.78 Å². The van der Waals surface area contributed by atoms with Gasteiger partial charge in [-0.3, -0.25) is 14.5 Å². The van der Waals surface area contributed by atoms with Gasteiger partial charge in [0.15, 0.2) is 6.23 Å². The van der Waals surface area contributed by atoms with Crippen LogP contribution in [-0.2, 0) is 11.2 Å². The molecule has 1 heterocycles. The van der Waals surface area contributed by atoms with Crippen LogP contribution in [0, 0.1) is 5.82 Å². The van der Waals surface area contributed by atoms with Crippen molar-refractivity contribution in [2.45, 2.75) is 26.2 Å². The summed E-state index contributed by atoms with van der Waals surface area (Å²) in [6, 6.07) is 9.62. The zero-order valence-corrected chi connectivity index (χ0v) is 17.2. The van der Waals surface area contributed by atoms with Crippen molar-refractivity contribution >= 4 is 28.3 Å². The molecule has 1 unspecified atom stereocenters. The molecule has 0 fully saturated rings. The first-order valence-corrected chi connectivity index (χ1v) is 9.92. The first kappa shape index (κ1) is 22.4. The third-order valence-electron chi connectivity index (χ3n) is 5.22. The van der Waals surface area contributed by atoms with Crippen LogP contribution in [0.4, 0.5) is 18.9 Å². The van der Waals surface area contributed by atoms with E-state index in [9.17, 15) is 27.9 Å². The van der Waals surface area contributed by atoms with E-state index in [1.54, 1.807) is 25.1 Å². The highest BCUT2D eigenvalue weighted by Gasteiger charge is 2.44. The number of alkyl halides is 2. The average molecular weight is 461 g/mol. The summed E-state index contributed by atoms with van der Waals surface area (Å²) in [5, 5.41) is 20.4. The van der Waals surface area contributed by atoms with E-state index in [2.05, 4.69) is 0 Å². The third kappa shape index (κ3) is 3.82. The maximum Gasteiger partial charge on any atom is 0.387 e. The van der Waals surface area contributed by atoms with Crippen molar-refractivity contribution in [2.24, 2.45) is 0 Å². The normalized spacial score (nSPS) is 15.3. The first-order chi connectivity index (χ1) is 15.7. The van der Waals surface area contributed by atoms with Crippen LogP contribution in [0.2, 0.25) is 0 Å². The monoisotopic (exact) mass is 461 g/mol. The Hall–Kier alpha value is -3.79. The summed E-state index contributed by atoms with van der Waals surface area (Å²) >= 11 is 0. The molecular weight excluding hydrogens is 443 g/mol. The molecule has 0 spiro atoms. The van der Waals surface area contributed by atoms with E-state index in [0.717, 1.165) is 12.1 Å². The van der Waals surface area contributed by atoms with Gasteiger partial charge in [-0.05, 0) is 24.6 Å². The number of carbonyl (C=O) groups excluding carboxylic acids is 1. The predicted molar refractivity (Wildman–Crippen MR) is 111 cm³/mol. The highest BCUT2D eigenvalue weighted by molar-refractivity contribution is 6.17. The van der Waals surface area contributed by atoms with E-state index in [0.29, 0.717) is 10.3 Å². The number of anilines is 1. The van der Waals surface area contributed by atoms with Crippen molar-refractivity contribution in [1.82, 2.24) is 0 Å². The van der Waals surface area contributed by atoms with Gasteiger partial charge >= 0.3 is 12.6 Å². The van der Waals surface area contributed by atoms with E-state index in [-0.39, 0.29) is 40.1 Å². The number of hydrogen-bond acceptors (Lipinski definition) is 5. The third-order valence-corrected chi connectivity index (χ3v) is 5.22. The molecule has 3 aromatic rings. The van der Waals surface area contributed by atoms with Gasteiger partial charge in [0.25, 0.3) is 5.91 Å². The number of carboxylic acids is 1. The van der Waals surface area contributed by atoms with Crippen LogP contribution in [0.5, 0.6) is 11.5 Å². The molecule has 0 bridgehead atoms. The Kier molecular flexibility index (Phi) is 5.86. The van der Waals surface area contributed by atoms with Crippen LogP contribution in [0.15, 0.2) is 42.5 Å². The molecule has 10 heteroatoms. The van der Waals surface area contributed by atoms with Crippen LogP contribution in [0.25, 0.3) is 10.8 Å². The zero-order chi connectivity index (χ0) is 23.9. The van der Waals surface area contributed by atoms with Gasteiger partial charge in [-0.25, -0.2) is 4.39 Å². The number of ether oxygens (including phenoxy) is 2. The Morgan fingerprint density at radius 2 is 1.82 bits per heavy atom. The maximum atomic E-state index is 14.9. The predicted octanol–water partition coefficient (Wildman–Crippen LogP) is 4.26. The van der Waals surface area contributed by atoms with Crippen LogP contribution in [0.3, 0.4) is 0 Å². The average Bonchev–Trinajstić information content (AvgIpc) is 3.00. The molecule has 1 aliphatic rings. The minimum absolute atomic E-state index is 0.0548. The molecular formula is C23H18F3NO6. The van der Waals surface area contributed by atoms with Gasteiger partial charge in [0, 0.05) is 10.8 Å².